The average molecular weight is 230 g/mol. The van der Waals surface area contributed by atoms with Gasteiger partial charge in [-0.1, -0.05) is 34.1 Å². The SMILES string of the molecule is CCCC(C)(CNCC)CN(CC)CCO. The predicted molar refractivity (Wildman–Crippen MR) is 70.8 cm³/mol. The maximum Gasteiger partial charge on any atom is 0.0558 e. The maximum atomic E-state index is 9.01. The average Bonchev–Trinajstić information content (AvgIpc) is 2.26. The number of hydrogen-bond acceptors (Lipinski definition) is 3. The topological polar surface area (TPSA) is 35.5 Å². The van der Waals surface area contributed by atoms with Crippen LogP contribution in [0.3, 0.4) is 0 Å². The van der Waals surface area contributed by atoms with Crippen molar-refractivity contribution in [1.82, 2.24) is 10.2 Å². The van der Waals surface area contributed by atoms with Crippen LogP contribution in [0, 0.1) is 5.41 Å². The third kappa shape index (κ3) is 6.46. The molecule has 2 N–H and O–H groups in total. The molecule has 0 radical (unpaired) electrons. The van der Waals surface area contributed by atoms with Crippen LogP contribution in [0.4, 0.5) is 0 Å². The predicted octanol–water partition coefficient (Wildman–Crippen LogP) is 1.72. The highest BCUT2D eigenvalue weighted by Gasteiger charge is 2.25. The number of rotatable bonds is 10. The zero-order chi connectivity index (χ0) is 12.4. The van der Waals surface area contributed by atoms with Crippen LogP contribution in [-0.4, -0.2) is 49.3 Å². The minimum Gasteiger partial charge on any atom is -0.395 e. The van der Waals surface area contributed by atoms with E-state index in [2.05, 4.69) is 37.9 Å². The summed E-state index contributed by atoms with van der Waals surface area (Å²) in [5.41, 5.74) is 0.329. The second-order valence-corrected chi connectivity index (χ2v) is 4.93. The first-order chi connectivity index (χ1) is 7.61. The van der Waals surface area contributed by atoms with Gasteiger partial charge in [-0.2, -0.15) is 0 Å². The van der Waals surface area contributed by atoms with Crippen molar-refractivity contribution in [3.8, 4) is 0 Å². The quantitative estimate of drug-likeness (QED) is 0.600. The summed E-state index contributed by atoms with van der Waals surface area (Å²) in [5, 5.41) is 12.5. The van der Waals surface area contributed by atoms with E-state index in [1.165, 1.54) is 12.8 Å². The van der Waals surface area contributed by atoms with Gasteiger partial charge in [-0.3, -0.25) is 0 Å². The molecule has 0 aliphatic carbocycles. The Bertz CT molecular complexity index is 164. The smallest absolute Gasteiger partial charge is 0.0558 e. The molecule has 0 bridgehead atoms. The number of aliphatic hydroxyl groups excluding tert-OH is 1. The van der Waals surface area contributed by atoms with Gasteiger partial charge in [0.2, 0.25) is 0 Å². The Hall–Kier alpha value is -0.120. The molecule has 0 aliphatic heterocycles. The minimum atomic E-state index is 0.261. The summed E-state index contributed by atoms with van der Waals surface area (Å²) in [6.45, 7) is 14.2. The van der Waals surface area contributed by atoms with E-state index in [0.29, 0.717) is 5.41 Å². The van der Waals surface area contributed by atoms with Crippen LogP contribution in [0.2, 0.25) is 0 Å². The van der Waals surface area contributed by atoms with Crippen molar-refractivity contribution in [3.63, 3.8) is 0 Å². The molecule has 16 heavy (non-hydrogen) atoms. The lowest BCUT2D eigenvalue weighted by molar-refractivity contribution is 0.130. The number of aliphatic hydroxyl groups is 1. The van der Waals surface area contributed by atoms with Gasteiger partial charge >= 0.3 is 0 Å². The third-order valence-electron chi connectivity index (χ3n) is 3.12. The molecule has 0 rings (SSSR count). The van der Waals surface area contributed by atoms with Crippen molar-refractivity contribution in [2.24, 2.45) is 5.41 Å². The molecular formula is C13H30N2O. The molecule has 0 saturated carbocycles. The Morgan fingerprint density at radius 2 is 1.94 bits per heavy atom. The summed E-state index contributed by atoms with van der Waals surface area (Å²) in [6, 6.07) is 0. The van der Waals surface area contributed by atoms with Crippen LogP contribution in [0.5, 0.6) is 0 Å². The molecule has 0 aromatic heterocycles. The molecule has 98 valence electrons. The van der Waals surface area contributed by atoms with Crippen molar-refractivity contribution in [1.29, 1.82) is 0 Å². The van der Waals surface area contributed by atoms with Gasteiger partial charge < -0.3 is 15.3 Å². The van der Waals surface area contributed by atoms with Crippen LogP contribution >= 0.6 is 0 Å². The van der Waals surface area contributed by atoms with Gasteiger partial charge in [0.15, 0.2) is 0 Å². The van der Waals surface area contributed by atoms with Crippen molar-refractivity contribution in [2.45, 2.75) is 40.5 Å². The first-order valence-electron chi connectivity index (χ1n) is 6.65. The lowest BCUT2D eigenvalue weighted by Gasteiger charge is -2.35. The number of nitrogens with zero attached hydrogens (tertiary/aromatic N) is 1. The summed E-state index contributed by atoms with van der Waals surface area (Å²) in [7, 11) is 0. The van der Waals surface area contributed by atoms with Gasteiger partial charge in [-0.25, -0.2) is 0 Å². The summed E-state index contributed by atoms with van der Waals surface area (Å²) in [4.78, 5) is 2.34. The van der Waals surface area contributed by atoms with Gasteiger partial charge in [-0.15, -0.1) is 0 Å². The van der Waals surface area contributed by atoms with E-state index in [0.717, 1.165) is 32.7 Å². The highest BCUT2D eigenvalue weighted by Crippen LogP contribution is 2.23. The Morgan fingerprint density at radius 3 is 2.38 bits per heavy atom. The van der Waals surface area contributed by atoms with E-state index >= 15 is 0 Å². The van der Waals surface area contributed by atoms with E-state index in [1.54, 1.807) is 0 Å². The fourth-order valence-electron chi connectivity index (χ4n) is 2.28. The number of likely N-dealkylation sites (N-methyl/N-ethyl adjacent to an activating group) is 1. The van der Waals surface area contributed by atoms with Crippen LogP contribution < -0.4 is 5.32 Å². The van der Waals surface area contributed by atoms with Gasteiger partial charge in [-0.05, 0) is 24.9 Å². The normalized spacial score (nSPS) is 15.4. The zero-order valence-electron chi connectivity index (χ0n) is 11.6. The molecule has 0 aromatic carbocycles. The molecule has 3 nitrogen and oxygen atoms in total. The van der Waals surface area contributed by atoms with Gasteiger partial charge in [0.1, 0.15) is 0 Å². The van der Waals surface area contributed by atoms with E-state index < -0.39 is 0 Å². The molecule has 0 amide bonds. The van der Waals surface area contributed by atoms with E-state index in [9.17, 15) is 0 Å². The second kappa shape index (κ2) is 8.97. The highest BCUT2D eigenvalue weighted by molar-refractivity contribution is 4.80. The molecule has 0 spiro atoms. The van der Waals surface area contributed by atoms with Gasteiger partial charge in [0, 0.05) is 19.6 Å². The molecule has 0 heterocycles. The number of hydrogen-bond donors (Lipinski definition) is 2. The van der Waals surface area contributed by atoms with Crippen molar-refractivity contribution >= 4 is 0 Å². The lowest BCUT2D eigenvalue weighted by Crippen LogP contribution is -2.43. The third-order valence-corrected chi connectivity index (χ3v) is 3.12. The van der Waals surface area contributed by atoms with Crippen molar-refractivity contribution in [3.05, 3.63) is 0 Å². The molecular weight excluding hydrogens is 200 g/mol. The fourth-order valence-corrected chi connectivity index (χ4v) is 2.28. The fraction of sp³-hybridized carbons (Fsp3) is 1.00. The highest BCUT2D eigenvalue weighted by atomic mass is 16.3. The summed E-state index contributed by atoms with van der Waals surface area (Å²) in [6.07, 6.45) is 2.46. The Balaban J connectivity index is 4.26. The van der Waals surface area contributed by atoms with Gasteiger partial charge in [0.05, 0.1) is 6.61 Å². The second-order valence-electron chi connectivity index (χ2n) is 4.93. The molecule has 1 atom stereocenters. The maximum absolute atomic E-state index is 9.01. The molecule has 3 heteroatoms. The Morgan fingerprint density at radius 1 is 1.25 bits per heavy atom. The Kier molecular flexibility index (Phi) is 8.90. The summed E-state index contributed by atoms with van der Waals surface area (Å²) >= 11 is 0. The molecule has 1 unspecified atom stereocenters. The van der Waals surface area contributed by atoms with Gasteiger partial charge in [0.25, 0.3) is 0 Å². The first-order valence-corrected chi connectivity index (χ1v) is 6.65. The zero-order valence-corrected chi connectivity index (χ0v) is 11.6. The molecule has 0 saturated heterocycles. The number of nitrogens with one attached hydrogen (secondary N) is 1. The van der Waals surface area contributed by atoms with Crippen LogP contribution in [-0.2, 0) is 0 Å². The van der Waals surface area contributed by atoms with Crippen molar-refractivity contribution < 1.29 is 5.11 Å². The van der Waals surface area contributed by atoms with Crippen LogP contribution in [0.15, 0.2) is 0 Å². The van der Waals surface area contributed by atoms with Crippen molar-refractivity contribution in [2.75, 3.05) is 39.3 Å². The molecule has 0 fully saturated rings. The summed E-state index contributed by atoms with van der Waals surface area (Å²) < 4.78 is 0. The van der Waals surface area contributed by atoms with E-state index in [4.69, 9.17) is 5.11 Å². The monoisotopic (exact) mass is 230 g/mol. The summed E-state index contributed by atoms with van der Waals surface area (Å²) in [5.74, 6) is 0. The van der Waals surface area contributed by atoms with E-state index in [-0.39, 0.29) is 6.61 Å². The molecule has 0 aliphatic rings. The first kappa shape index (κ1) is 15.9. The minimum absolute atomic E-state index is 0.261. The largest absolute Gasteiger partial charge is 0.395 e. The molecule has 0 aromatic rings. The van der Waals surface area contributed by atoms with Crippen LogP contribution in [0.1, 0.15) is 40.5 Å². The lowest BCUT2D eigenvalue weighted by atomic mass is 9.84. The van der Waals surface area contributed by atoms with E-state index in [1.807, 2.05) is 0 Å². The Labute approximate surface area is 101 Å². The van der Waals surface area contributed by atoms with Crippen LogP contribution in [0.25, 0.3) is 0 Å². The standard InChI is InChI=1S/C13H30N2O/c1-5-8-13(4,11-14-6-2)12-15(7-3)9-10-16/h14,16H,5-12H2,1-4H3.